The summed E-state index contributed by atoms with van der Waals surface area (Å²) in [6, 6.07) is 0. The minimum absolute atomic E-state index is 0.0559. The maximum Gasteiger partial charge on any atom is 0.314 e. The average Bonchev–Trinajstić information content (AvgIpc) is 2.71. The lowest BCUT2D eigenvalue weighted by Gasteiger charge is -2.11. The van der Waals surface area contributed by atoms with E-state index >= 15 is 0 Å². The lowest BCUT2D eigenvalue weighted by atomic mass is 9.93. The molecule has 4 N–H and O–H groups in total. The Balaban J connectivity index is 0. The van der Waals surface area contributed by atoms with Gasteiger partial charge in [0.2, 0.25) is 0 Å². The van der Waals surface area contributed by atoms with Crippen molar-refractivity contribution in [3.8, 4) is 0 Å². The van der Waals surface area contributed by atoms with Gasteiger partial charge in [-0.05, 0) is 12.8 Å². The predicted octanol–water partition coefficient (Wildman–Crippen LogP) is 4.48. The predicted molar refractivity (Wildman–Crippen MR) is 117 cm³/mol. The van der Waals surface area contributed by atoms with E-state index in [1.165, 1.54) is 51.4 Å². The quantitative estimate of drug-likeness (QED) is 0.182. The molecule has 0 spiro atoms. The molecule has 0 radical (unpaired) electrons. The van der Waals surface area contributed by atoms with Gasteiger partial charge in [0.05, 0.1) is 13.2 Å². The summed E-state index contributed by atoms with van der Waals surface area (Å²) >= 11 is 0. The molecule has 0 rings (SSSR count). The summed E-state index contributed by atoms with van der Waals surface area (Å²) in [5.74, 6) is -1.74. The van der Waals surface area contributed by atoms with Crippen LogP contribution in [0.4, 0.5) is 0 Å². The number of ketones is 1. The molecule has 0 aromatic carbocycles. The third kappa shape index (κ3) is 21.5. The molecular weight excluding hydrogens is 372 g/mol. The molecule has 0 aliphatic heterocycles. The van der Waals surface area contributed by atoms with Crippen LogP contribution < -0.4 is 0 Å². The van der Waals surface area contributed by atoms with Crippen LogP contribution in [0.1, 0.15) is 110 Å². The van der Waals surface area contributed by atoms with Gasteiger partial charge in [-0.25, -0.2) is 0 Å². The number of carboxylic acids is 1. The molecule has 0 saturated heterocycles. The molecule has 174 valence electrons. The zero-order valence-electron chi connectivity index (χ0n) is 18.8. The van der Waals surface area contributed by atoms with Gasteiger partial charge in [-0.1, -0.05) is 90.9 Å². The van der Waals surface area contributed by atoms with E-state index in [2.05, 4.69) is 13.8 Å². The van der Waals surface area contributed by atoms with Gasteiger partial charge >= 0.3 is 5.97 Å². The van der Waals surface area contributed by atoms with E-state index in [4.69, 9.17) is 15.3 Å². The molecule has 1 unspecified atom stereocenters. The highest BCUT2D eigenvalue weighted by atomic mass is 16.4. The van der Waals surface area contributed by atoms with Crippen LogP contribution in [-0.4, -0.2) is 51.5 Å². The zero-order valence-corrected chi connectivity index (χ0v) is 18.8. The number of carbonyl (C=O) groups is 2. The van der Waals surface area contributed by atoms with Crippen LogP contribution in [0.15, 0.2) is 0 Å². The Bertz CT molecular complexity index is 368. The Morgan fingerprint density at radius 3 is 1.48 bits per heavy atom. The van der Waals surface area contributed by atoms with E-state index in [1.807, 2.05) is 0 Å². The van der Waals surface area contributed by atoms with E-state index < -0.39 is 18.0 Å². The van der Waals surface area contributed by atoms with Crippen LogP contribution in [0, 0.1) is 5.92 Å². The van der Waals surface area contributed by atoms with Crippen molar-refractivity contribution < 1.29 is 30.0 Å². The van der Waals surface area contributed by atoms with E-state index in [-0.39, 0.29) is 19.0 Å². The van der Waals surface area contributed by atoms with Crippen LogP contribution in [0.2, 0.25) is 0 Å². The number of Topliss-reactive ketones (excluding diaryl/α,β-unsaturated/α-hetero) is 1. The van der Waals surface area contributed by atoms with Gasteiger partial charge in [0.15, 0.2) is 0 Å². The van der Waals surface area contributed by atoms with Crippen molar-refractivity contribution in [2.75, 3.05) is 13.2 Å². The van der Waals surface area contributed by atoms with Gasteiger partial charge in [-0.3, -0.25) is 9.59 Å². The molecule has 0 amide bonds. The normalized spacial score (nSPS) is 11.8. The number of carbonyl (C=O) groups excluding carboxylic acids is 1. The molecule has 0 heterocycles. The largest absolute Gasteiger partial charge is 0.481 e. The Kier molecular flexibility index (Phi) is 24.3. The number of aliphatic hydroxyl groups excluding tert-OH is 3. The monoisotopic (exact) mass is 418 g/mol. The van der Waals surface area contributed by atoms with E-state index in [1.54, 1.807) is 0 Å². The summed E-state index contributed by atoms with van der Waals surface area (Å²) in [4.78, 5) is 23.4. The molecule has 0 fully saturated rings. The molecule has 0 bridgehead atoms. The molecule has 6 nitrogen and oxygen atoms in total. The van der Waals surface area contributed by atoms with Crippen LogP contribution in [0.5, 0.6) is 0 Å². The fourth-order valence-electron chi connectivity index (χ4n) is 3.04. The third-order valence-electron chi connectivity index (χ3n) is 4.98. The van der Waals surface area contributed by atoms with Crippen molar-refractivity contribution in [2.24, 2.45) is 5.92 Å². The van der Waals surface area contributed by atoms with Crippen molar-refractivity contribution >= 4 is 11.8 Å². The lowest BCUT2D eigenvalue weighted by Crippen LogP contribution is -2.23. The maximum absolute atomic E-state index is 12.1. The zero-order chi connectivity index (χ0) is 22.3. The molecular formula is C23H46O6. The molecule has 0 aromatic heterocycles. The molecule has 29 heavy (non-hydrogen) atoms. The van der Waals surface area contributed by atoms with E-state index in [0.717, 1.165) is 32.1 Å². The maximum atomic E-state index is 12.1. The number of hydrogen-bond donors (Lipinski definition) is 4. The Labute approximate surface area is 177 Å². The SMILES string of the molecule is CCCCCCCCCC(=O)C(CCCCCCCC)C(=O)O.OCC(O)CO. The topological polar surface area (TPSA) is 115 Å². The van der Waals surface area contributed by atoms with Crippen molar-refractivity contribution in [2.45, 2.75) is 116 Å². The first-order chi connectivity index (χ1) is 13.9. The second-order valence-corrected chi connectivity index (χ2v) is 7.80. The molecule has 0 aliphatic rings. The summed E-state index contributed by atoms with van der Waals surface area (Å²) in [5, 5.41) is 33.3. The number of aliphatic carboxylic acids is 1. The van der Waals surface area contributed by atoms with Crippen LogP contribution >= 0.6 is 0 Å². The first-order valence-electron chi connectivity index (χ1n) is 11.6. The van der Waals surface area contributed by atoms with Crippen molar-refractivity contribution in [1.82, 2.24) is 0 Å². The van der Waals surface area contributed by atoms with E-state index in [0.29, 0.717) is 12.8 Å². The number of hydrogen-bond acceptors (Lipinski definition) is 5. The minimum Gasteiger partial charge on any atom is -0.481 e. The second kappa shape index (κ2) is 23.3. The van der Waals surface area contributed by atoms with Crippen molar-refractivity contribution in [1.29, 1.82) is 0 Å². The number of carboxylic acid groups (broad SMARTS) is 1. The van der Waals surface area contributed by atoms with Gasteiger partial charge in [0, 0.05) is 6.42 Å². The Morgan fingerprint density at radius 2 is 1.10 bits per heavy atom. The molecule has 1 atom stereocenters. The van der Waals surface area contributed by atoms with E-state index in [9.17, 15) is 14.7 Å². The first kappa shape index (κ1) is 30.2. The van der Waals surface area contributed by atoms with Crippen LogP contribution in [-0.2, 0) is 9.59 Å². The summed E-state index contributed by atoms with van der Waals surface area (Å²) in [6.07, 6.45) is 14.9. The van der Waals surface area contributed by atoms with Gasteiger partial charge in [-0.15, -0.1) is 0 Å². The minimum atomic E-state index is -0.954. The van der Waals surface area contributed by atoms with Gasteiger partial charge in [0.25, 0.3) is 0 Å². The standard InChI is InChI=1S/C20H38O3.C3H8O3/c1-3-5-7-9-11-13-15-17-19(21)18(20(22)23)16-14-12-10-8-6-4-2;4-1-3(6)2-5/h18H,3-17H2,1-2H3,(H,22,23);3-6H,1-2H2. The molecule has 0 saturated carbocycles. The average molecular weight is 419 g/mol. The molecule has 0 aliphatic carbocycles. The van der Waals surface area contributed by atoms with Crippen LogP contribution in [0.3, 0.4) is 0 Å². The second-order valence-electron chi connectivity index (χ2n) is 7.80. The smallest absolute Gasteiger partial charge is 0.314 e. The first-order valence-corrected chi connectivity index (χ1v) is 11.6. The number of unbranched alkanes of at least 4 members (excludes halogenated alkanes) is 11. The van der Waals surface area contributed by atoms with Crippen molar-refractivity contribution in [3.63, 3.8) is 0 Å². The van der Waals surface area contributed by atoms with Crippen LogP contribution in [0.25, 0.3) is 0 Å². The lowest BCUT2D eigenvalue weighted by molar-refractivity contribution is -0.146. The van der Waals surface area contributed by atoms with Gasteiger partial charge in [-0.2, -0.15) is 0 Å². The summed E-state index contributed by atoms with van der Waals surface area (Å²) in [6.45, 7) is 3.66. The summed E-state index contributed by atoms with van der Waals surface area (Å²) in [5.41, 5.74) is 0. The third-order valence-corrected chi connectivity index (χ3v) is 4.98. The molecule has 6 heteroatoms. The van der Waals surface area contributed by atoms with Crippen molar-refractivity contribution in [3.05, 3.63) is 0 Å². The summed E-state index contributed by atoms with van der Waals surface area (Å²) < 4.78 is 0. The molecule has 0 aromatic rings. The number of rotatable bonds is 19. The fraction of sp³-hybridized carbons (Fsp3) is 0.913. The van der Waals surface area contributed by atoms with Gasteiger partial charge < -0.3 is 20.4 Å². The summed E-state index contributed by atoms with van der Waals surface area (Å²) in [7, 11) is 0. The highest BCUT2D eigenvalue weighted by Gasteiger charge is 2.24. The highest BCUT2D eigenvalue weighted by Crippen LogP contribution is 2.17. The highest BCUT2D eigenvalue weighted by molar-refractivity contribution is 5.98. The van der Waals surface area contributed by atoms with Gasteiger partial charge in [0.1, 0.15) is 17.8 Å². The Morgan fingerprint density at radius 1 is 0.690 bits per heavy atom. The fourth-order valence-corrected chi connectivity index (χ4v) is 3.04. The number of aliphatic hydroxyl groups is 3. The Hall–Kier alpha value is -0.980.